The number of benzene rings is 2. The molecule has 0 saturated heterocycles. The molecule has 3 rings (SSSR count). The smallest absolute Gasteiger partial charge is 0.257 e. The van der Waals surface area contributed by atoms with E-state index in [0.717, 1.165) is 27.8 Å². The fraction of sp³-hybridized carbons (Fsp3) is 0.111. The molecule has 1 amide bonds. The highest BCUT2D eigenvalue weighted by molar-refractivity contribution is 7.89. The van der Waals surface area contributed by atoms with Gasteiger partial charge in [0, 0.05) is 30.6 Å². The number of hydrogen-bond acceptors (Lipinski definition) is 5. The Hall–Kier alpha value is -2.40. The summed E-state index contributed by atoms with van der Waals surface area (Å²) in [5, 5.41) is 4.33. The molecule has 1 heterocycles. The Morgan fingerprint density at radius 3 is 2.52 bits per heavy atom. The van der Waals surface area contributed by atoms with Gasteiger partial charge < -0.3 is 0 Å². The Kier molecular flexibility index (Phi) is 5.99. The van der Waals surface area contributed by atoms with Crippen LogP contribution in [0.25, 0.3) is 11.3 Å². The average molecular weight is 458 g/mol. The minimum absolute atomic E-state index is 0.00915. The van der Waals surface area contributed by atoms with Crippen molar-refractivity contribution in [2.75, 3.05) is 19.4 Å². The lowest BCUT2D eigenvalue weighted by atomic mass is 10.2. The molecular weight excluding hydrogens is 444 g/mol. The second kappa shape index (κ2) is 8.15. The summed E-state index contributed by atoms with van der Waals surface area (Å²) in [5.74, 6) is -2.57. The van der Waals surface area contributed by atoms with E-state index in [9.17, 15) is 22.0 Å². The lowest BCUT2D eigenvalue weighted by molar-refractivity contribution is 0.102. The van der Waals surface area contributed by atoms with E-state index in [2.05, 4.69) is 10.3 Å². The van der Waals surface area contributed by atoms with Gasteiger partial charge in [-0.05, 0) is 36.4 Å². The Bertz CT molecular complexity index is 1200. The maximum Gasteiger partial charge on any atom is 0.257 e. The van der Waals surface area contributed by atoms with Gasteiger partial charge in [-0.15, -0.1) is 11.3 Å². The number of nitrogens with zero attached hydrogens (tertiary/aromatic N) is 2. The molecule has 29 heavy (non-hydrogen) atoms. The molecule has 0 spiro atoms. The van der Waals surface area contributed by atoms with Crippen molar-refractivity contribution in [3.8, 4) is 11.3 Å². The summed E-state index contributed by atoms with van der Waals surface area (Å²) in [6.07, 6.45) is 0. The fourth-order valence-corrected chi connectivity index (χ4v) is 4.44. The maximum atomic E-state index is 13.4. The molecule has 6 nitrogen and oxygen atoms in total. The predicted molar refractivity (Wildman–Crippen MR) is 108 cm³/mol. The summed E-state index contributed by atoms with van der Waals surface area (Å²) in [6.45, 7) is 0. The Balaban J connectivity index is 1.84. The molecule has 0 saturated carbocycles. The predicted octanol–water partition coefficient (Wildman–Crippen LogP) is 4.24. The molecule has 3 aromatic rings. The Morgan fingerprint density at radius 2 is 1.86 bits per heavy atom. The molecule has 0 radical (unpaired) electrons. The molecular formula is C18H14ClF2N3O3S2. The maximum absolute atomic E-state index is 13.4. The van der Waals surface area contributed by atoms with Crippen molar-refractivity contribution in [3.05, 3.63) is 64.0 Å². The molecule has 2 aromatic carbocycles. The SMILES string of the molecule is CN(C)S(=O)(=O)c1cc(C(=O)Nc2nc(-c3ccc(F)c(F)c3)cs2)ccc1Cl. The molecule has 0 aliphatic heterocycles. The second-order valence-corrected chi connectivity index (χ2v) is 9.44. The van der Waals surface area contributed by atoms with Crippen LogP contribution in [0.5, 0.6) is 0 Å². The first-order chi connectivity index (χ1) is 13.6. The summed E-state index contributed by atoms with van der Waals surface area (Å²) >= 11 is 7.06. The summed E-state index contributed by atoms with van der Waals surface area (Å²) in [4.78, 5) is 16.5. The van der Waals surface area contributed by atoms with Gasteiger partial charge in [0.2, 0.25) is 10.0 Å². The van der Waals surface area contributed by atoms with E-state index >= 15 is 0 Å². The number of hydrogen-bond donors (Lipinski definition) is 1. The topological polar surface area (TPSA) is 79.4 Å². The van der Waals surface area contributed by atoms with Gasteiger partial charge in [0.15, 0.2) is 16.8 Å². The van der Waals surface area contributed by atoms with Crippen LogP contribution in [0.15, 0.2) is 46.7 Å². The van der Waals surface area contributed by atoms with Crippen LogP contribution >= 0.6 is 22.9 Å². The standard InChI is InChI=1S/C18H14ClF2N3O3S2/c1-24(2)29(26,27)16-8-11(3-5-12(16)19)17(25)23-18-22-15(9-28-18)10-4-6-13(20)14(21)7-10/h3-9H,1-2H3,(H,22,23,25). The van der Waals surface area contributed by atoms with Crippen molar-refractivity contribution in [2.24, 2.45) is 0 Å². The summed E-state index contributed by atoms with van der Waals surface area (Å²) in [6, 6.07) is 7.25. The number of thiazole rings is 1. The van der Waals surface area contributed by atoms with Crippen LogP contribution in [0, 0.1) is 11.6 Å². The van der Waals surface area contributed by atoms with Crippen LogP contribution in [0.4, 0.5) is 13.9 Å². The highest BCUT2D eigenvalue weighted by atomic mass is 35.5. The average Bonchev–Trinajstić information content (AvgIpc) is 3.12. The number of rotatable bonds is 5. The van der Waals surface area contributed by atoms with Crippen LogP contribution in [-0.4, -0.2) is 37.7 Å². The minimum Gasteiger partial charge on any atom is -0.298 e. The van der Waals surface area contributed by atoms with Crippen molar-refractivity contribution < 1.29 is 22.0 Å². The zero-order valence-electron chi connectivity index (χ0n) is 15.1. The van der Waals surface area contributed by atoms with E-state index in [4.69, 9.17) is 11.6 Å². The first-order valence-electron chi connectivity index (χ1n) is 8.04. The quantitative estimate of drug-likeness (QED) is 0.621. The van der Waals surface area contributed by atoms with Gasteiger partial charge in [0.05, 0.1) is 10.7 Å². The summed E-state index contributed by atoms with van der Waals surface area (Å²) in [5.41, 5.74) is 0.780. The summed E-state index contributed by atoms with van der Waals surface area (Å²) in [7, 11) is -1.12. The number of halogens is 3. The third kappa shape index (κ3) is 4.45. The van der Waals surface area contributed by atoms with E-state index in [1.807, 2.05) is 0 Å². The molecule has 11 heteroatoms. The number of nitrogens with one attached hydrogen (secondary N) is 1. The largest absolute Gasteiger partial charge is 0.298 e. The van der Waals surface area contributed by atoms with Gasteiger partial charge in [-0.3, -0.25) is 10.1 Å². The monoisotopic (exact) mass is 457 g/mol. The highest BCUT2D eigenvalue weighted by Crippen LogP contribution is 2.28. The minimum atomic E-state index is -3.83. The Labute approximate surface area is 174 Å². The van der Waals surface area contributed by atoms with Crippen LogP contribution in [-0.2, 0) is 10.0 Å². The Morgan fingerprint density at radius 1 is 1.14 bits per heavy atom. The van der Waals surface area contributed by atoms with Crippen molar-refractivity contribution >= 4 is 44.0 Å². The number of aromatic nitrogens is 1. The molecule has 0 unspecified atom stereocenters. The first kappa shape index (κ1) is 21.3. The lowest BCUT2D eigenvalue weighted by Crippen LogP contribution is -2.23. The van der Waals surface area contributed by atoms with Crippen molar-refractivity contribution in [1.29, 1.82) is 0 Å². The molecule has 0 bridgehead atoms. The van der Waals surface area contributed by atoms with Crippen molar-refractivity contribution in [3.63, 3.8) is 0 Å². The number of sulfonamides is 1. The van der Waals surface area contributed by atoms with E-state index in [1.54, 1.807) is 5.38 Å². The second-order valence-electron chi connectivity index (χ2n) is 6.05. The molecule has 152 valence electrons. The van der Waals surface area contributed by atoms with E-state index in [0.29, 0.717) is 11.3 Å². The number of carbonyl (C=O) groups is 1. The number of carbonyl (C=O) groups excluding carboxylic acids is 1. The third-order valence-corrected chi connectivity index (χ3v) is 6.95. The fourth-order valence-electron chi connectivity index (χ4n) is 2.33. The normalized spacial score (nSPS) is 11.7. The van der Waals surface area contributed by atoms with Crippen LogP contribution < -0.4 is 5.32 Å². The molecule has 1 N–H and O–H groups in total. The molecule has 0 aliphatic rings. The van der Waals surface area contributed by atoms with Gasteiger partial charge in [-0.2, -0.15) is 0 Å². The number of amides is 1. The van der Waals surface area contributed by atoms with E-state index < -0.39 is 27.6 Å². The van der Waals surface area contributed by atoms with Gasteiger partial charge in [-0.1, -0.05) is 11.6 Å². The van der Waals surface area contributed by atoms with Gasteiger partial charge >= 0.3 is 0 Å². The molecule has 0 aliphatic carbocycles. The first-order valence-corrected chi connectivity index (χ1v) is 10.7. The zero-order valence-corrected chi connectivity index (χ0v) is 17.5. The number of anilines is 1. The lowest BCUT2D eigenvalue weighted by Gasteiger charge is -2.13. The van der Waals surface area contributed by atoms with Crippen LogP contribution in [0.1, 0.15) is 10.4 Å². The molecule has 0 fully saturated rings. The van der Waals surface area contributed by atoms with Gasteiger partial charge in [0.25, 0.3) is 5.91 Å². The van der Waals surface area contributed by atoms with E-state index in [-0.39, 0.29) is 20.6 Å². The highest BCUT2D eigenvalue weighted by Gasteiger charge is 2.22. The van der Waals surface area contributed by atoms with Crippen molar-refractivity contribution in [2.45, 2.75) is 4.90 Å². The summed E-state index contributed by atoms with van der Waals surface area (Å²) < 4.78 is 52.1. The van der Waals surface area contributed by atoms with Gasteiger partial charge in [0.1, 0.15) is 4.90 Å². The van der Waals surface area contributed by atoms with Gasteiger partial charge in [-0.25, -0.2) is 26.5 Å². The molecule has 1 aromatic heterocycles. The third-order valence-electron chi connectivity index (χ3n) is 3.89. The van der Waals surface area contributed by atoms with E-state index in [1.165, 1.54) is 38.4 Å². The van der Waals surface area contributed by atoms with Crippen LogP contribution in [0.2, 0.25) is 5.02 Å². The van der Waals surface area contributed by atoms with Crippen LogP contribution in [0.3, 0.4) is 0 Å². The zero-order chi connectivity index (χ0) is 21.3. The molecule has 0 atom stereocenters. The van der Waals surface area contributed by atoms with Crippen molar-refractivity contribution in [1.82, 2.24) is 9.29 Å².